The second-order valence-electron chi connectivity index (χ2n) is 7.37. The fourth-order valence-electron chi connectivity index (χ4n) is 3.84. The van der Waals surface area contributed by atoms with Crippen molar-refractivity contribution in [3.05, 3.63) is 94.3 Å². The Morgan fingerprint density at radius 3 is 2.58 bits per heavy atom. The number of hydrogen-bond donors (Lipinski definition) is 3. The molecule has 31 heavy (non-hydrogen) atoms. The van der Waals surface area contributed by atoms with Gasteiger partial charge in [-0.15, -0.1) is 0 Å². The SMILES string of the molecule is NCc1cccc(-c2cc(C(=O)Nc3ccccc3CC(=O)O)cc3c2C=CC3)c1F. The second kappa shape index (κ2) is 8.53. The van der Waals surface area contributed by atoms with E-state index in [1.807, 2.05) is 12.2 Å². The average Bonchev–Trinajstić information content (AvgIpc) is 3.23. The Balaban J connectivity index is 1.74. The topological polar surface area (TPSA) is 92.4 Å². The van der Waals surface area contributed by atoms with E-state index in [9.17, 15) is 9.59 Å². The molecule has 0 saturated heterocycles. The molecule has 0 radical (unpaired) electrons. The Bertz CT molecular complexity index is 1220. The Labute approximate surface area is 179 Å². The molecule has 3 aromatic carbocycles. The van der Waals surface area contributed by atoms with Gasteiger partial charge in [-0.25, -0.2) is 4.39 Å². The van der Waals surface area contributed by atoms with Crippen molar-refractivity contribution in [3.8, 4) is 11.1 Å². The van der Waals surface area contributed by atoms with Crippen LogP contribution in [0.2, 0.25) is 0 Å². The van der Waals surface area contributed by atoms with E-state index in [4.69, 9.17) is 10.8 Å². The van der Waals surface area contributed by atoms with Crippen molar-refractivity contribution in [2.24, 2.45) is 5.73 Å². The molecule has 1 aliphatic carbocycles. The van der Waals surface area contributed by atoms with Gasteiger partial charge in [0.1, 0.15) is 5.82 Å². The molecule has 0 bridgehead atoms. The molecule has 0 unspecified atom stereocenters. The second-order valence-corrected chi connectivity index (χ2v) is 7.37. The van der Waals surface area contributed by atoms with E-state index in [1.54, 1.807) is 54.6 Å². The minimum atomic E-state index is -0.983. The van der Waals surface area contributed by atoms with Gasteiger partial charge >= 0.3 is 5.97 Å². The highest BCUT2D eigenvalue weighted by Crippen LogP contribution is 2.35. The van der Waals surface area contributed by atoms with Gasteiger partial charge in [-0.1, -0.05) is 48.6 Å². The zero-order chi connectivity index (χ0) is 22.0. The molecule has 4 rings (SSSR count). The lowest BCUT2D eigenvalue weighted by Gasteiger charge is -2.15. The van der Waals surface area contributed by atoms with Crippen molar-refractivity contribution in [3.63, 3.8) is 0 Å². The summed E-state index contributed by atoms with van der Waals surface area (Å²) in [7, 11) is 0. The van der Waals surface area contributed by atoms with Gasteiger partial charge in [0.25, 0.3) is 5.91 Å². The van der Waals surface area contributed by atoms with Crippen LogP contribution in [-0.2, 0) is 24.2 Å². The number of nitrogens with two attached hydrogens (primary N) is 1. The monoisotopic (exact) mass is 416 g/mol. The molecule has 5 nitrogen and oxygen atoms in total. The van der Waals surface area contributed by atoms with Gasteiger partial charge in [0.2, 0.25) is 0 Å². The van der Waals surface area contributed by atoms with Gasteiger partial charge in [0.15, 0.2) is 0 Å². The molecule has 0 heterocycles. The zero-order valence-corrected chi connectivity index (χ0v) is 16.7. The minimum Gasteiger partial charge on any atom is -0.481 e. The quantitative estimate of drug-likeness (QED) is 0.555. The third kappa shape index (κ3) is 4.11. The van der Waals surface area contributed by atoms with Gasteiger partial charge < -0.3 is 16.2 Å². The third-order valence-electron chi connectivity index (χ3n) is 5.35. The molecule has 0 spiro atoms. The van der Waals surface area contributed by atoms with Crippen LogP contribution in [0.5, 0.6) is 0 Å². The number of aliphatic carboxylic acids is 1. The molecule has 156 valence electrons. The van der Waals surface area contributed by atoms with Crippen LogP contribution in [0, 0.1) is 5.82 Å². The van der Waals surface area contributed by atoms with Crippen LogP contribution in [0.4, 0.5) is 10.1 Å². The molecule has 1 aliphatic rings. The highest BCUT2D eigenvalue weighted by molar-refractivity contribution is 6.06. The number of anilines is 1. The number of allylic oxidation sites excluding steroid dienone is 1. The molecule has 0 aromatic heterocycles. The first-order chi connectivity index (χ1) is 15.0. The van der Waals surface area contributed by atoms with E-state index in [2.05, 4.69) is 5.32 Å². The van der Waals surface area contributed by atoms with E-state index in [-0.39, 0.29) is 18.9 Å². The first-order valence-corrected chi connectivity index (χ1v) is 9.90. The molecule has 6 heteroatoms. The number of carbonyl (C=O) groups is 2. The summed E-state index contributed by atoms with van der Waals surface area (Å²) in [5.41, 5.74) is 10.2. The molecular formula is C25H21FN2O3. The summed E-state index contributed by atoms with van der Waals surface area (Å²) in [6.07, 6.45) is 4.36. The Hall–Kier alpha value is -3.77. The number of fused-ring (bicyclic) bond motifs is 1. The van der Waals surface area contributed by atoms with Crippen LogP contribution in [0.1, 0.15) is 32.6 Å². The van der Waals surface area contributed by atoms with Crippen molar-refractivity contribution in [2.75, 3.05) is 5.32 Å². The van der Waals surface area contributed by atoms with Crippen LogP contribution < -0.4 is 11.1 Å². The summed E-state index contributed by atoms with van der Waals surface area (Å²) in [5, 5.41) is 11.9. The van der Waals surface area contributed by atoms with Gasteiger partial charge in [0.05, 0.1) is 6.42 Å². The first kappa shape index (κ1) is 20.5. The molecule has 1 amide bonds. The summed E-state index contributed by atoms with van der Waals surface area (Å²) >= 11 is 0. The first-order valence-electron chi connectivity index (χ1n) is 9.90. The highest BCUT2D eigenvalue weighted by atomic mass is 19.1. The van der Waals surface area contributed by atoms with Crippen molar-refractivity contribution >= 4 is 23.6 Å². The minimum absolute atomic E-state index is 0.0816. The number of carboxylic acid groups (broad SMARTS) is 1. The average molecular weight is 416 g/mol. The lowest BCUT2D eigenvalue weighted by molar-refractivity contribution is -0.136. The molecule has 4 N–H and O–H groups in total. The van der Waals surface area contributed by atoms with E-state index in [1.165, 1.54) is 0 Å². The van der Waals surface area contributed by atoms with Crippen molar-refractivity contribution in [1.82, 2.24) is 0 Å². The van der Waals surface area contributed by atoms with Crippen LogP contribution in [-0.4, -0.2) is 17.0 Å². The molecule has 0 fully saturated rings. The lowest BCUT2D eigenvalue weighted by atomic mass is 9.92. The normalized spacial score (nSPS) is 11.9. The Morgan fingerprint density at radius 2 is 1.81 bits per heavy atom. The highest BCUT2D eigenvalue weighted by Gasteiger charge is 2.20. The van der Waals surface area contributed by atoms with Gasteiger partial charge in [0, 0.05) is 28.9 Å². The number of hydrogen-bond acceptors (Lipinski definition) is 3. The number of carboxylic acids is 1. The van der Waals surface area contributed by atoms with Crippen molar-refractivity contribution in [2.45, 2.75) is 19.4 Å². The number of halogens is 1. The van der Waals surface area contributed by atoms with Crippen LogP contribution >= 0.6 is 0 Å². The largest absolute Gasteiger partial charge is 0.481 e. The van der Waals surface area contributed by atoms with Crippen LogP contribution in [0.15, 0.2) is 60.7 Å². The predicted octanol–water partition coefficient (Wildman–Crippen LogP) is 4.40. The van der Waals surface area contributed by atoms with Crippen LogP contribution in [0.25, 0.3) is 17.2 Å². The predicted molar refractivity (Wildman–Crippen MR) is 118 cm³/mol. The molecule has 0 saturated carbocycles. The maximum atomic E-state index is 15.0. The Kier molecular flexibility index (Phi) is 5.64. The maximum Gasteiger partial charge on any atom is 0.307 e. The van der Waals surface area contributed by atoms with Crippen molar-refractivity contribution < 1.29 is 19.1 Å². The molecule has 0 atom stereocenters. The third-order valence-corrected chi connectivity index (χ3v) is 5.35. The molecule has 3 aromatic rings. The van der Waals surface area contributed by atoms with E-state index < -0.39 is 11.8 Å². The smallest absolute Gasteiger partial charge is 0.307 e. The maximum absolute atomic E-state index is 15.0. The van der Waals surface area contributed by atoms with E-state index in [0.29, 0.717) is 39.9 Å². The van der Waals surface area contributed by atoms with E-state index in [0.717, 1.165) is 11.1 Å². The standard InChI is InChI=1S/C25H21FN2O3/c26-24-17(14-27)7-4-9-20(24)21-12-18(11-15-6-3-8-19(15)21)25(31)28-22-10-2-1-5-16(22)13-23(29)30/h1-5,7-12H,6,13-14,27H2,(H,28,31)(H,29,30). The Morgan fingerprint density at radius 1 is 1.03 bits per heavy atom. The summed E-state index contributed by atoms with van der Waals surface area (Å²) in [6, 6.07) is 15.3. The van der Waals surface area contributed by atoms with Crippen LogP contribution in [0.3, 0.4) is 0 Å². The van der Waals surface area contributed by atoms with E-state index >= 15 is 4.39 Å². The number of carbonyl (C=O) groups excluding carboxylic acids is 1. The van der Waals surface area contributed by atoms with Crippen molar-refractivity contribution in [1.29, 1.82) is 0 Å². The number of amides is 1. The summed E-state index contributed by atoms with van der Waals surface area (Å²) in [5.74, 6) is -1.76. The number of benzene rings is 3. The molecular weight excluding hydrogens is 395 g/mol. The van der Waals surface area contributed by atoms with Gasteiger partial charge in [-0.3, -0.25) is 9.59 Å². The fraction of sp³-hybridized carbons (Fsp3) is 0.120. The molecule has 0 aliphatic heterocycles. The number of para-hydroxylation sites is 1. The number of nitrogens with one attached hydrogen (secondary N) is 1. The summed E-state index contributed by atoms with van der Waals surface area (Å²) in [4.78, 5) is 24.2. The van der Waals surface area contributed by atoms with Gasteiger partial charge in [-0.05, 0) is 46.9 Å². The summed E-state index contributed by atoms with van der Waals surface area (Å²) in [6.45, 7) is 0.0816. The van der Waals surface area contributed by atoms with Gasteiger partial charge in [-0.2, -0.15) is 0 Å². The fourth-order valence-corrected chi connectivity index (χ4v) is 3.84. The lowest BCUT2D eigenvalue weighted by Crippen LogP contribution is -2.15. The summed E-state index contributed by atoms with van der Waals surface area (Å²) < 4.78 is 15.0. The zero-order valence-electron chi connectivity index (χ0n) is 16.7. The number of rotatable bonds is 6.